The summed E-state index contributed by atoms with van der Waals surface area (Å²) in [6.45, 7) is 4.40. The number of carboxylic acids is 1. The first kappa shape index (κ1) is 14.6. The fourth-order valence-electron chi connectivity index (χ4n) is 4.04. The van der Waals surface area contributed by atoms with Gasteiger partial charge in [-0.3, -0.25) is 4.79 Å². The highest BCUT2D eigenvalue weighted by atomic mass is 16.5. The van der Waals surface area contributed by atoms with Gasteiger partial charge in [-0.05, 0) is 20.3 Å². The Balaban J connectivity index is 1.82. The Hall–Kier alpha value is -1.95. The van der Waals surface area contributed by atoms with Crippen LogP contribution in [0.5, 0.6) is 17.2 Å². The van der Waals surface area contributed by atoms with Crippen molar-refractivity contribution in [1.29, 1.82) is 0 Å². The van der Waals surface area contributed by atoms with Crippen molar-refractivity contribution in [2.45, 2.75) is 51.4 Å². The topological polar surface area (TPSA) is 88.0 Å². The normalized spacial score (nSPS) is 31.4. The summed E-state index contributed by atoms with van der Waals surface area (Å²) >= 11 is 0. The van der Waals surface area contributed by atoms with Crippen LogP contribution in [0.25, 0.3) is 0 Å². The van der Waals surface area contributed by atoms with E-state index in [0.29, 0.717) is 31.6 Å². The molecular weight excluding hydrogens is 298 g/mol. The molecule has 4 unspecified atom stereocenters. The van der Waals surface area contributed by atoms with Gasteiger partial charge in [0.2, 0.25) is 0 Å². The van der Waals surface area contributed by atoms with Crippen LogP contribution in [0.2, 0.25) is 0 Å². The molecule has 1 aromatic carbocycles. The predicted octanol–water partition coefficient (Wildman–Crippen LogP) is 1.77. The number of hydrogen-bond acceptors (Lipinski definition) is 5. The quantitative estimate of drug-likeness (QED) is 0.770. The second-order valence-electron chi connectivity index (χ2n) is 6.87. The molecule has 6 heteroatoms. The zero-order chi connectivity index (χ0) is 16.3. The number of rotatable bonds is 2. The van der Waals surface area contributed by atoms with E-state index < -0.39 is 11.9 Å². The van der Waals surface area contributed by atoms with Crippen molar-refractivity contribution in [3.8, 4) is 17.2 Å². The molecule has 0 radical (unpaired) electrons. The van der Waals surface area contributed by atoms with Crippen LogP contribution < -0.4 is 14.8 Å². The van der Waals surface area contributed by atoms with Gasteiger partial charge in [0.1, 0.15) is 18.0 Å². The van der Waals surface area contributed by atoms with Gasteiger partial charge in [-0.1, -0.05) is 0 Å². The maximum Gasteiger partial charge on any atom is 0.307 e. The van der Waals surface area contributed by atoms with Crippen molar-refractivity contribution >= 4 is 5.97 Å². The molecular formula is C17H21NO5. The molecule has 4 rings (SSSR count). The Morgan fingerprint density at radius 3 is 2.43 bits per heavy atom. The van der Waals surface area contributed by atoms with E-state index in [9.17, 15) is 15.0 Å². The van der Waals surface area contributed by atoms with Crippen molar-refractivity contribution in [3.63, 3.8) is 0 Å². The highest BCUT2D eigenvalue weighted by molar-refractivity contribution is 5.72. The van der Waals surface area contributed by atoms with Gasteiger partial charge in [0.15, 0.2) is 11.5 Å². The van der Waals surface area contributed by atoms with Crippen molar-refractivity contribution in [3.05, 3.63) is 16.7 Å². The molecule has 0 spiro atoms. The van der Waals surface area contributed by atoms with Gasteiger partial charge in [0.05, 0.1) is 5.92 Å². The van der Waals surface area contributed by atoms with Crippen LogP contribution in [0, 0.1) is 5.92 Å². The highest BCUT2D eigenvalue weighted by Crippen LogP contribution is 2.53. The average molecular weight is 319 g/mol. The van der Waals surface area contributed by atoms with Crippen molar-refractivity contribution in [2.24, 2.45) is 5.92 Å². The minimum Gasteiger partial charge on any atom is -0.504 e. The molecule has 1 aromatic rings. The molecule has 3 heterocycles. The first-order valence-electron chi connectivity index (χ1n) is 8.15. The van der Waals surface area contributed by atoms with Crippen LogP contribution in [0.4, 0.5) is 0 Å². The second-order valence-corrected chi connectivity index (χ2v) is 6.87. The molecule has 0 aromatic heterocycles. The number of ether oxygens (including phenoxy) is 2. The van der Waals surface area contributed by atoms with Gasteiger partial charge in [0, 0.05) is 42.1 Å². The Morgan fingerprint density at radius 2 is 1.78 bits per heavy atom. The Kier molecular flexibility index (Phi) is 3.20. The largest absolute Gasteiger partial charge is 0.504 e. The Bertz CT molecular complexity index is 647. The van der Waals surface area contributed by atoms with E-state index in [4.69, 9.17) is 9.47 Å². The fraction of sp³-hybridized carbons (Fsp3) is 0.588. The van der Waals surface area contributed by atoms with Gasteiger partial charge in [0.25, 0.3) is 0 Å². The number of benzene rings is 1. The summed E-state index contributed by atoms with van der Waals surface area (Å²) < 4.78 is 11.8. The third-order valence-electron chi connectivity index (χ3n) is 5.07. The molecule has 124 valence electrons. The summed E-state index contributed by atoms with van der Waals surface area (Å²) in [7, 11) is 0. The number of hydrogen-bond donors (Lipinski definition) is 3. The molecule has 0 amide bonds. The molecule has 1 fully saturated rings. The van der Waals surface area contributed by atoms with Gasteiger partial charge < -0.3 is 25.0 Å². The molecule has 3 aliphatic heterocycles. The molecule has 0 aliphatic carbocycles. The average Bonchev–Trinajstić information content (AvgIpc) is 3.17. The van der Waals surface area contributed by atoms with Crippen LogP contribution in [0.1, 0.15) is 43.0 Å². The number of phenolic OH excluding ortho intramolecular Hbond substituents is 1. The first-order chi connectivity index (χ1) is 11.0. The predicted molar refractivity (Wildman–Crippen MR) is 82.2 cm³/mol. The maximum absolute atomic E-state index is 11.3. The lowest BCUT2D eigenvalue weighted by molar-refractivity contribution is -0.141. The molecule has 6 nitrogen and oxygen atoms in total. The summed E-state index contributed by atoms with van der Waals surface area (Å²) in [5.41, 5.74) is 2.75. The zero-order valence-electron chi connectivity index (χ0n) is 13.3. The van der Waals surface area contributed by atoms with E-state index >= 15 is 0 Å². The Morgan fingerprint density at radius 1 is 1.13 bits per heavy atom. The summed E-state index contributed by atoms with van der Waals surface area (Å²) in [6.07, 6.45) is 1.90. The molecule has 3 N–H and O–H groups in total. The van der Waals surface area contributed by atoms with Crippen molar-refractivity contribution in [2.75, 3.05) is 6.54 Å². The summed E-state index contributed by atoms with van der Waals surface area (Å²) in [5.74, 6) is 0.324. The summed E-state index contributed by atoms with van der Waals surface area (Å²) in [6, 6.07) is -0.0709. The van der Waals surface area contributed by atoms with Gasteiger partial charge in [-0.15, -0.1) is 0 Å². The monoisotopic (exact) mass is 319 g/mol. The van der Waals surface area contributed by atoms with E-state index in [1.807, 2.05) is 13.8 Å². The SMILES string of the molecule is CC1Cc2c(c(O)c3c(c2C2CC(C(=O)O)CN2)OC(C)C3)O1. The van der Waals surface area contributed by atoms with E-state index in [1.54, 1.807) is 0 Å². The van der Waals surface area contributed by atoms with E-state index in [-0.39, 0.29) is 24.0 Å². The summed E-state index contributed by atoms with van der Waals surface area (Å²) in [4.78, 5) is 11.3. The lowest BCUT2D eigenvalue weighted by atomic mass is 9.90. The molecule has 23 heavy (non-hydrogen) atoms. The van der Waals surface area contributed by atoms with E-state index in [2.05, 4.69) is 5.32 Å². The lowest BCUT2D eigenvalue weighted by Gasteiger charge is -2.20. The minimum atomic E-state index is -0.772. The standard InChI is InChI=1S/C17H21NO5/c1-7-3-10-13(12-5-9(6-18-12)17(20)21)15-11(4-8(2)22-15)14(19)16(10)23-7/h7-9,12,18-19H,3-6H2,1-2H3,(H,20,21). The van der Waals surface area contributed by atoms with Crippen LogP contribution in [-0.4, -0.2) is 34.9 Å². The fourth-order valence-corrected chi connectivity index (χ4v) is 4.04. The molecule has 4 atom stereocenters. The van der Waals surface area contributed by atoms with Gasteiger partial charge >= 0.3 is 5.97 Å². The number of phenols is 1. The third-order valence-corrected chi connectivity index (χ3v) is 5.07. The van der Waals surface area contributed by atoms with E-state index in [0.717, 1.165) is 22.4 Å². The molecule has 3 aliphatic rings. The first-order valence-corrected chi connectivity index (χ1v) is 8.15. The van der Waals surface area contributed by atoms with Crippen LogP contribution in [-0.2, 0) is 17.6 Å². The van der Waals surface area contributed by atoms with Gasteiger partial charge in [-0.2, -0.15) is 0 Å². The van der Waals surface area contributed by atoms with Gasteiger partial charge in [-0.25, -0.2) is 0 Å². The number of nitrogens with one attached hydrogen (secondary N) is 1. The number of carbonyl (C=O) groups is 1. The van der Waals surface area contributed by atoms with Crippen molar-refractivity contribution < 1.29 is 24.5 Å². The number of aromatic hydroxyl groups is 1. The minimum absolute atomic E-state index is 0.00581. The van der Waals surface area contributed by atoms with Crippen LogP contribution in [0.15, 0.2) is 0 Å². The number of aliphatic carboxylic acids is 1. The van der Waals surface area contributed by atoms with Crippen molar-refractivity contribution in [1.82, 2.24) is 5.32 Å². The molecule has 1 saturated heterocycles. The number of fused-ring (bicyclic) bond motifs is 2. The molecule has 0 bridgehead atoms. The van der Waals surface area contributed by atoms with E-state index in [1.165, 1.54) is 0 Å². The Labute approximate surface area is 134 Å². The maximum atomic E-state index is 11.3. The lowest BCUT2D eigenvalue weighted by Crippen LogP contribution is -2.18. The summed E-state index contributed by atoms with van der Waals surface area (Å²) in [5, 5.41) is 23.1. The second kappa shape index (κ2) is 5.03. The van der Waals surface area contributed by atoms with Crippen LogP contribution in [0.3, 0.4) is 0 Å². The zero-order valence-corrected chi connectivity index (χ0v) is 13.3. The highest BCUT2D eigenvalue weighted by Gasteiger charge is 2.41. The third kappa shape index (κ3) is 2.16. The molecule has 0 saturated carbocycles. The smallest absolute Gasteiger partial charge is 0.307 e. The van der Waals surface area contributed by atoms with Crippen LogP contribution >= 0.6 is 0 Å². The number of carboxylic acid groups (broad SMARTS) is 1.